The minimum atomic E-state index is -3.35. The molecule has 2 atom stereocenters. The number of rotatable bonds is 4. The number of hydrogen-bond donors (Lipinski definition) is 1. The lowest BCUT2D eigenvalue weighted by Crippen LogP contribution is -2.41. The molecule has 1 amide bonds. The van der Waals surface area contributed by atoms with E-state index in [0.717, 1.165) is 19.3 Å². The Bertz CT molecular complexity index is 657. The first kappa shape index (κ1) is 17.3. The Balaban J connectivity index is 2.23. The molecule has 1 saturated carbocycles. The fraction of sp³-hybridized carbons (Fsp3) is 0.562. The predicted molar refractivity (Wildman–Crippen MR) is 88.1 cm³/mol. The van der Waals surface area contributed by atoms with Crippen molar-refractivity contribution in [1.82, 2.24) is 5.32 Å². The van der Waals surface area contributed by atoms with Crippen molar-refractivity contribution in [2.75, 3.05) is 5.75 Å². The van der Waals surface area contributed by atoms with Crippen LogP contribution >= 0.6 is 11.6 Å². The summed E-state index contributed by atoms with van der Waals surface area (Å²) < 4.78 is 23.9. The van der Waals surface area contributed by atoms with Gasteiger partial charge in [-0.05, 0) is 37.0 Å². The van der Waals surface area contributed by atoms with Gasteiger partial charge in [-0.1, -0.05) is 38.3 Å². The number of hydrogen-bond acceptors (Lipinski definition) is 3. The molecule has 2 rings (SSSR count). The Morgan fingerprint density at radius 3 is 2.64 bits per heavy atom. The molecule has 1 aromatic rings. The average Bonchev–Trinajstić information content (AvgIpc) is 2.49. The van der Waals surface area contributed by atoms with Gasteiger partial charge in [-0.3, -0.25) is 4.79 Å². The van der Waals surface area contributed by atoms with Crippen LogP contribution in [-0.2, 0) is 9.84 Å². The van der Waals surface area contributed by atoms with Crippen LogP contribution in [0.15, 0.2) is 23.1 Å². The molecular formula is C16H22ClNO3S. The molecule has 6 heteroatoms. The summed E-state index contributed by atoms with van der Waals surface area (Å²) in [5, 5.41) is 3.28. The third kappa shape index (κ3) is 3.82. The zero-order chi connectivity index (χ0) is 16.3. The molecule has 0 aromatic heterocycles. The highest BCUT2D eigenvalue weighted by atomic mass is 35.5. The zero-order valence-corrected chi connectivity index (χ0v) is 14.5. The van der Waals surface area contributed by atoms with Gasteiger partial charge < -0.3 is 5.32 Å². The number of benzene rings is 1. The standard InChI is InChI=1S/C16H22ClNO3S/c1-3-22(20,21)12-8-9-14(17)13(10-12)16(19)18-15-7-5-4-6-11(15)2/h8-11,15H,3-7H2,1-2H3,(H,18,19)/t11-,15+/m0/s1. The van der Waals surface area contributed by atoms with E-state index < -0.39 is 9.84 Å². The van der Waals surface area contributed by atoms with Crippen LogP contribution in [0, 0.1) is 5.92 Å². The van der Waals surface area contributed by atoms with Gasteiger partial charge in [-0.15, -0.1) is 0 Å². The number of halogens is 1. The second-order valence-electron chi connectivity index (χ2n) is 5.89. The summed E-state index contributed by atoms with van der Waals surface area (Å²) in [5.41, 5.74) is 0.231. The maximum Gasteiger partial charge on any atom is 0.253 e. The van der Waals surface area contributed by atoms with E-state index in [2.05, 4.69) is 12.2 Å². The molecule has 0 saturated heterocycles. The Morgan fingerprint density at radius 2 is 2.00 bits per heavy atom. The molecule has 1 fully saturated rings. The Hall–Kier alpha value is -1.07. The second-order valence-corrected chi connectivity index (χ2v) is 8.57. The van der Waals surface area contributed by atoms with Crippen molar-refractivity contribution in [2.45, 2.75) is 50.5 Å². The van der Waals surface area contributed by atoms with Gasteiger partial charge in [0.05, 0.1) is 21.2 Å². The first-order valence-electron chi connectivity index (χ1n) is 7.68. The molecule has 122 valence electrons. The highest BCUT2D eigenvalue weighted by molar-refractivity contribution is 7.91. The number of carbonyl (C=O) groups excluding carboxylic acids is 1. The molecule has 0 radical (unpaired) electrons. The van der Waals surface area contributed by atoms with Crippen LogP contribution in [0.25, 0.3) is 0 Å². The average molecular weight is 344 g/mol. The normalized spacial score (nSPS) is 22.3. The van der Waals surface area contributed by atoms with Crippen LogP contribution in [0.3, 0.4) is 0 Å². The molecule has 0 aliphatic heterocycles. The number of sulfone groups is 1. The summed E-state index contributed by atoms with van der Waals surface area (Å²) in [6, 6.07) is 4.43. The van der Waals surface area contributed by atoms with Gasteiger partial charge >= 0.3 is 0 Å². The Morgan fingerprint density at radius 1 is 1.32 bits per heavy atom. The number of carbonyl (C=O) groups is 1. The lowest BCUT2D eigenvalue weighted by atomic mass is 9.86. The van der Waals surface area contributed by atoms with E-state index in [9.17, 15) is 13.2 Å². The second kappa shape index (κ2) is 7.01. The number of amides is 1. The van der Waals surface area contributed by atoms with Gasteiger partial charge in [0.2, 0.25) is 0 Å². The van der Waals surface area contributed by atoms with Gasteiger partial charge in [-0.25, -0.2) is 8.42 Å². The van der Waals surface area contributed by atoms with Crippen LogP contribution in [0.1, 0.15) is 49.9 Å². The maximum atomic E-state index is 12.5. The lowest BCUT2D eigenvalue weighted by molar-refractivity contribution is 0.0910. The maximum absolute atomic E-state index is 12.5. The van der Waals surface area contributed by atoms with Crippen LogP contribution < -0.4 is 5.32 Å². The third-order valence-electron chi connectivity index (χ3n) is 4.35. The first-order valence-corrected chi connectivity index (χ1v) is 9.71. The predicted octanol–water partition coefficient (Wildman–Crippen LogP) is 3.44. The van der Waals surface area contributed by atoms with Crippen LogP contribution in [0.5, 0.6) is 0 Å². The van der Waals surface area contributed by atoms with Crippen molar-refractivity contribution in [3.63, 3.8) is 0 Å². The molecule has 0 heterocycles. The fourth-order valence-corrected chi connectivity index (χ4v) is 3.92. The largest absolute Gasteiger partial charge is 0.349 e. The fourth-order valence-electron chi connectivity index (χ4n) is 2.82. The minimum Gasteiger partial charge on any atom is -0.349 e. The highest BCUT2D eigenvalue weighted by Gasteiger charge is 2.25. The molecule has 1 aliphatic carbocycles. The molecule has 0 bridgehead atoms. The highest BCUT2D eigenvalue weighted by Crippen LogP contribution is 2.26. The third-order valence-corrected chi connectivity index (χ3v) is 6.41. The summed E-state index contributed by atoms with van der Waals surface area (Å²) in [4.78, 5) is 12.6. The quantitative estimate of drug-likeness (QED) is 0.910. The van der Waals surface area contributed by atoms with Gasteiger partial charge in [0, 0.05) is 6.04 Å². The van der Waals surface area contributed by atoms with Gasteiger partial charge in [0.1, 0.15) is 0 Å². The van der Waals surface area contributed by atoms with E-state index in [4.69, 9.17) is 11.6 Å². The van der Waals surface area contributed by atoms with E-state index in [-0.39, 0.29) is 33.2 Å². The Labute approximate surface area is 137 Å². The van der Waals surface area contributed by atoms with Crippen molar-refractivity contribution >= 4 is 27.3 Å². The topological polar surface area (TPSA) is 63.2 Å². The van der Waals surface area contributed by atoms with Crippen molar-refractivity contribution < 1.29 is 13.2 Å². The molecule has 0 spiro atoms. The van der Waals surface area contributed by atoms with Gasteiger partial charge in [0.15, 0.2) is 9.84 Å². The van der Waals surface area contributed by atoms with E-state index in [1.807, 2.05) is 0 Å². The molecule has 4 nitrogen and oxygen atoms in total. The van der Waals surface area contributed by atoms with Crippen molar-refractivity contribution in [2.24, 2.45) is 5.92 Å². The van der Waals surface area contributed by atoms with E-state index >= 15 is 0 Å². The lowest BCUT2D eigenvalue weighted by Gasteiger charge is -2.29. The number of nitrogens with one attached hydrogen (secondary N) is 1. The molecule has 1 aromatic carbocycles. The van der Waals surface area contributed by atoms with E-state index in [0.29, 0.717) is 5.92 Å². The minimum absolute atomic E-state index is 0.00461. The van der Waals surface area contributed by atoms with Crippen LogP contribution in [0.2, 0.25) is 5.02 Å². The monoisotopic (exact) mass is 343 g/mol. The molecule has 0 unspecified atom stereocenters. The van der Waals surface area contributed by atoms with Crippen LogP contribution in [0.4, 0.5) is 0 Å². The molecule has 1 N–H and O–H groups in total. The van der Waals surface area contributed by atoms with Crippen molar-refractivity contribution in [1.29, 1.82) is 0 Å². The summed E-state index contributed by atoms with van der Waals surface area (Å²) >= 11 is 6.08. The molecule has 1 aliphatic rings. The first-order chi connectivity index (χ1) is 10.3. The smallest absolute Gasteiger partial charge is 0.253 e. The SMILES string of the molecule is CCS(=O)(=O)c1ccc(Cl)c(C(=O)N[C@@H]2CCCC[C@@H]2C)c1. The summed E-state index contributed by atoms with van der Waals surface area (Å²) in [7, 11) is -3.35. The summed E-state index contributed by atoms with van der Waals surface area (Å²) in [5.74, 6) is 0.131. The molecular weight excluding hydrogens is 322 g/mol. The van der Waals surface area contributed by atoms with E-state index in [1.54, 1.807) is 6.92 Å². The van der Waals surface area contributed by atoms with E-state index in [1.165, 1.54) is 24.6 Å². The van der Waals surface area contributed by atoms with Crippen LogP contribution in [-0.4, -0.2) is 26.1 Å². The summed E-state index contributed by atoms with van der Waals surface area (Å²) in [6.07, 6.45) is 4.35. The zero-order valence-electron chi connectivity index (χ0n) is 12.9. The van der Waals surface area contributed by atoms with Crippen molar-refractivity contribution in [3.05, 3.63) is 28.8 Å². The molecule has 22 heavy (non-hydrogen) atoms. The van der Waals surface area contributed by atoms with Gasteiger partial charge in [-0.2, -0.15) is 0 Å². The van der Waals surface area contributed by atoms with Crippen molar-refractivity contribution in [3.8, 4) is 0 Å². The van der Waals surface area contributed by atoms with Gasteiger partial charge in [0.25, 0.3) is 5.91 Å². The Kier molecular flexibility index (Phi) is 5.50. The summed E-state index contributed by atoms with van der Waals surface area (Å²) in [6.45, 7) is 3.71.